The third kappa shape index (κ3) is 9.30. The van der Waals surface area contributed by atoms with Crippen LogP contribution < -0.4 is 20.1 Å². The van der Waals surface area contributed by atoms with Crippen LogP contribution in [-0.2, 0) is 0 Å². The topological polar surface area (TPSA) is 76.7 Å². The van der Waals surface area contributed by atoms with Crippen LogP contribution >= 0.6 is 31.9 Å². The van der Waals surface area contributed by atoms with Gasteiger partial charge in [0.25, 0.3) is 11.8 Å². The van der Waals surface area contributed by atoms with E-state index in [1.807, 2.05) is 12.1 Å². The summed E-state index contributed by atoms with van der Waals surface area (Å²) in [6.07, 6.45) is 5.60. The van der Waals surface area contributed by atoms with Crippen LogP contribution in [-0.4, -0.2) is 37.1 Å². The van der Waals surface area contributed by atoms with E-state index in [0.717, 1.165) is 59.0 Å². The molecule has 2 atom stereocenters. The summed E-state index contributed by atoms with van der Waals surface area (Å²) in [5, 5.41) is 6.31. The molecule has 3 rings (SSSR count). The lowest BCUT2D eigenvalue weighted by atomic mass is 9.89. The van der Waals surface area contributed by atoms with Crippen LogP contribution in [0.2, 0.25) is 0 Å². The van der Waals surface area contributed by atoms with Crippen LogP contribution in [0, 0.1) is 11.8 Å². The minimum absolute atomic E-state index is 0.136. The highest BCUT2D eigenvalue weighted by atomic mass is 79.9. The molecule has 2 N–H and O–H groups in total. The van der Waals surface area contributed by atoms with Gasteiger partial charge in [-0.1, -0.05) is 40.5 Å². The van der Waals surface area contributed by atoms with Crippen molar-refractivity contribution >= 4 is 43.7 Å². The number of halogens is 2. The van der Waals surface area contributed by atoms with Gasteiger partial charge in [0.1, 0.15) is 11.5 Å². The molecule has 0 radical (unpaired) electrons. The van der Waals surface area contributed by atoms with Crippen molar-refractivity contribution in [1.82, 2.24) is 10.6 Å². The zero-order valence-corrected chi connectivity index (χ0v) is 26.0. The Bertz CT molecular complexity index is 1000. The molecule has 0 aromatic heterocycles. The zero-order valence-electron chi connectivity index (χ0n) is 22.8. The van der Waals surface area contributed by atoms with E-state index in [2.05, 4.69) is 70.2 Å². The molecule has 1 saturated carbocycles. The van der Waals surface area contributed by atoms with Gasteiger partial charge in [0, 0.05) is 23.2 Å². The minimum atomic E-state index is -0.156. The Morgan fingerprint density at radius 2 is 1.16 bits per heavy atom. The Morgan fingerprint density at radius 1 is 0.763 bits per heavy atom. The number of rotatable bonds is 12. The van der Waals surface area contributed by atoms with E-state index in [1.54, 1.807) is 24.3 Å². The maximum absolute atomic E-state index is 13.1. The monoisotopic (exact) mass is 650 g/mol. The molecule has 1 aliphatic carbocycles. The van der Waals surface area contributed by atoms with Crippen molar-refractivity contribution < 1.29 is 19.1 Å². The first-order valence-corrected chi connectivity index (χ1v) is 15.2. The molecular weight excluding hydrogens is 612 g/mol. The van der Waals surface area contributed by atoms with Crippen LogP contribution in [0.25, 0.3) is 0 Å². The number of carbonyl (C=O) groups is 2. The summed E-state index contributed by atoms with van der Waals surface area (Å²) in [4.78, 5) is 26.2. The summed E-state index contributed by atoms with van der Waals surface area (Å²) >= 11 is 7.07. The van der Waals surface area contributed by atoms with Crippen LogP contribution in [0.15, 0.2) is 45.3 Å². The third-order valence-corrected chi connectivity index (χ3v) is 7.93. The summed E-state index contributed by atoms with van der Waals surface area (Å²) in [6.45, 7) is 9.90. The minimum Gasteiger partial charge on any atom is -0.492 e. The molecule has 1 fully saturated rings. The van der Waals surface area contributed by atoms with Gasteiger partial charge in [0.2, 0.25) is 0 Å². The van der Waals surface area contributed by atoms with Crippen molar-refractivity contribution in [2.75, 3.05) is 13.2 Å². The molecular formula is C30H40Br2N2O4. The van der Waals surface area contributed by atoms with Crippen molar-refractivity contribution in [2.45, 2.75) is 78.3 Å². The molecule has 2 amide bonds. The van der Waals surface area contributed by atoms with Crippen molar-refractivity contribution in [3.63, 3.8) is 0 Å². The molecule has 0 bridgehead atoms. The van der Waals surface area contributed by atoms with E-state index in [4.69, 9.17) is 9.47 Å². The van der Waals surface area contributed by atoms with Gasteiger partial charge < -0.3 is 20.1 Å². The van der Waals surface area contributed by atoms with Crippen molar-refractivity contribution in [2.24, 2.45) is 11.8 Å². The van der Waals surface area contributed by atoms with Gasteiger partial charge in [0.15, 0.2) is 0 Å². The molecule has 0 saturated heterocycles. The Morgan fingerprint density at radius 3 is 1.50 bits per heavy atom. The van der Waals surface area contributed by atoms with Gasteiger partial charge in [-0.15, -0.1) is 0 Å². The van der Waals surface area contributed by atoms with Gasteiger partial charge in [-0.3, -0.25) is 9.59 Å². The van der Waals surface area contributed by atoms with Crippen molar-refractivity contribution in [3.8, 4) is 11.5 Å². The fraction of sp³-hybridized carbons (Fsp3) is 0.533. The summed E-state index contributed by atoms with van der Waals surface area (Å²) < 4.78 is 13.2. The van der Waals surface area contributed by atoms with Gasteiger partial charge in [0.05, 0.1) is 22.2 Å². The average Bonchev–Trinajstić information content (AvgIpc) is 2.86. The molecule has 0 aliphatic heterocycles. The second kappa shape index (κ2) is 14.9. The van der Waals surface area contributed by atoms with Crippen LogP contribution in [0.4, 0.5) is 0 Å². The largest absolute Gasteiger partial charge is 0.492 e. The molecule has 2 aromatic rings. The number of carbonyl (C=O) groups excluding carboxylic acids is 2. The highest BCUT2D eigenvalue weighted by Gasteiger charge is 2.29. The van der Waals surface area contributed by atoms with Crippen LogP contribution in [0.3, 0.4) is 0 Å². The fourth-order valence-electron chi connectivity index (χ4n) is 4.31. The van der Waals surface area contributed by atoms with E-state index < -0.39 is 0 Å². The Hall–Kier alpha value is -2.06. The summed E-state index contributed by atoms with van der Waals surface area (Å²) in [6, 6.07) is 10.5. The van der Waals surface area contributed by atoms with Crippen LogP contribution in [0.5, 0.6) is 11.5 Å². The van der Waals surface area contributed by atoms with E-state index in [1.165, 1.54) is 0 Å². The number of nitrogens with one attached hydrogen (secondary N) is 2. The van der Waals surface area contributed by atoms with Crippen molar-refractivity contribution in [3.05, 3.63) is 56.5 Å². The number of ether oxygens (including phenoxy) is 2. The summed E-state index contributed by atoms with van der Waals surface area (Å²) in [5.41, 5.74) is 1.11. The maximum atomic E-state index is 13.1. The molecule has 0 spiro atoms. The predicted molar refractivity (Wildman–Crippen MR) is 159 cm³/mol. The average molecular weight is 652 g/mol. The van der Waals surface area contributed by atoms with Gasteiger partial charge in [-0.25, -0.2) is 0 Å². The summed E-state index contributed by atoms with van der Waals surface area (Å²) in [7, 11) is 0. The second-order valence-electron chi connectivity index (χ2n) is 10.8. The fourth-order valence-corrected chi connectivity index (χ4v) is 5.29. The zero-order chi connectivity index (χ0) is 27.7. The highest BCUT2D eigenvalue weighted by molar-refractivity contribution is 9.10. The molecule has 38 heavy (non-hydrogen) atoms. The Balaban J connectivity index is 1.59. The lowest BCUT2D eigenvalue weighted by Gasteiger charge is -2.33. The molecule has 0 heterocycles. The van der Waals surface area contributed by atoms with Gasteiger partial charge in [-0.05, 0) is 106 Å². The first-order valence-electron chi connectivity index (χ1n) is 13.6. The SMILES string of the molecule is CC(C)CCOc1ccc(C(=O)NC2CCCCC2NC(=O)c2ccc(OCCC(C)C)c(Br)c2)cc1Br. The quantitative estimate of drug-likeness (QED) is 0.249. The molecule has 2 aromatic carbocycles. The molecule has 8 heteroatoms. The number of hydrogen-bond acceptors (Lipinski definition) is 4. The number of hydrogen-bond donors (Lipinski definition) is 2. The molecule has 1 aliphatic rings. The molecule has 6 nitrogen and oxygen atoms in total. The molecule has 2 unspecified atom stereocenters. The smallest absolute Gasteiger partial charge is 0.251 e. The maximum Gasteiger partial charge on any atom is 0.251 e. The lowest BCUT2D eigenvalue weighted by molar-refractivity contribution is 0.0862. The van der Waals surface area contributed by atoms with Gasteiger partial charge in [-0.2, -0.15) is 0 Å². The Kier molecular flexibility index (Phi) is 12.0. The summed E-state index contributed by atoms with van der Waals surface area (Å²) in [5.74, 6) is 2.28. The number of amides is 2. The van der Waals surface area contributed by atoms with E-state index in [-0.39, 0.29) is 23.9 Å². The lowest BCUT2D eigenvalue weighted by Crippen LogP contribution is -2.53. The van der Waals surface area contributed by atoms with Crippen molar-refractivity contribution in [1.29, 1.82) is 0 Å². The van der Waals surface area contributed by atoms with E-state index >= 15 is 0 Å². The van der Waals surface area contributed by atoms with E-state index in [0.29, 0.717) is 36.2 Å². The molecule has 208 valence electrons. The third-order valence-electron chi connectivity index (χ3n) is 6.69. The standard InChI is InChI=1S/C30H40Br2N2O4/c1-19(2)13-15-37-27-11-9-21(17-23(27)31)29(35)33-25-7-5-6-8-26(25)34-30(36)22-10-12-28(24(32)18-22)38-16-14-20(3)4/h9-12,17-20,25-26H,5-8,13-16H2,1-4H3,(H,33,35)(H,34,36). The first kappa shape index (κ1) is 30.5. The normalized spacial score (nSPS) is 17.4. The van der Waals surface area contributed by atoms with Gasteiger partial charge >= 0.3 is 0 Å². The Labute approximate surface area is 243 Å². The highest BCUT2D eigenvalue weighted by Crippen LogP contribution is 2.28. The first-order chi connectivity index (χ1) is 18.1. The van der Waals surface area contributed by atoms with E-state index in [9.17, 15) is 9.59 Å². The number of benzene rings is 2. The second-order valence-corrected chi connectivity index (χ2v) is 12.5. The predicted octanol–water partition coefficient (Wildman–Crippen LogP) is 7.53. The van der Waals surface area contributed by atoms with Crippen LogP contribution in [0.1, 0.15) is 86.9 Å².